The molecular formula is C20H32F3IN4O2S. The Balaban J connectivity index is 0.00000480. The normalized spacial score (nSPS) is 17.7. The van der Waals surface area contributed by atoms with Crippen molar-refractivity contribution in [3.8, 4) is 0 Å². The molecule has 0 aromatic heterocycles. The van der Waals surface area contributed by atoms with Crippen molar-refractivity contribution in [1.82, 2.24) is 14.9 Å². The molecule has 0 aliphatic carbocycles. The van der Waals surface area contributed by atoms with E-state index in [9.17, 15) is 21.6 Å². The Hall–Kier alpha value is -1.08. The molecule has 11 heteroatoms. The Bertz CT molecular complexity index is 809. The van der Waals surface area contributed by atoms with Crippen LogP contribution < -0.4 is 10.6 Å². The maximum absolute atomic E-state index is 12.7. The van der Waals surface area contributed by atoms with Gasteiger partial charge in [0.05, 0.1) is 6.04 Å². The second-order valence-corrected chi connectivity index (χ2v) is 9.40. The summed E-state index contributed by atoms with van der Waals surface area (Å²) in [5.74, 6) is 0.675. The first kappa shape index (κ1) is 28.0. The smallest absolute Gasteiger partial charge is 0.357 e. The van der Waals surface area contributed by atoms with Gasteiger partial charge in [-0.15, -0.1) is 24.0 Å². The third-order valence-corrected chi connectivity index (χ3v) is 6.93. The van der Waals surface area contributed by atoms with Crippen LogP contribution in [0.3, 0.4) is 0 Å². The van der Waals surface area contributed by atoms with Crippen molar-refractivity contribution < 1.29 is 21.6 Å². The molecule has 1 unspecified atom stereocenters. The molecule has 1 aromatic rings. The first-order valence-corrected chi connectivity index (χ1v) is 11.7. The van der Waals surface area contributed by atoms with Crippen molar-refractivity contribution in [2.45, 2.75) is 51.6 Å². The van der Waals surface area contributed by atoms with E-state index >= 15 is 0 Å². The molecule has 1 saturated heterocycles. The van der Waals surface area contributed by atoms with Gasteiger partial charge in [-0.1, -0.05) is 31.2 Å². The largest absolute Gasteiger partial charge is 0.511 e. The number of aliphatic imine (C=N–C) groups is 1. The van der Waals surface area contributed by atoms with Gasteiger partial charge in [0.2, 0.25) is 0 Å². The van der Waals surface area contributed by atoms with E-state index in [1.807, 2.05) is 13.8 Å². The van der Waals surface area contributed by atoms with Crippen LogP contribution in [0.25, 0.3) is 0 Å². The van der Waals surface area contributed by atoms with Gasteiger partial charge in [-0.25, -0.2) is 8.42 Å². The van der Waals surface area contributed by atoms with Gasteiger partial charge in [0.1, 0.15) is 0 Å². The molecule has 2 rings (SSSR count). The number of benzene rings is 1. The number of aryl methyl sites for hydroxylation is 1. The second kappa shape index (κ2) is 12.2. The van der Waals surface area contributed by atoms with Crippen LogP contribution in [-0.4, -0.2) is 50.4 Å². The summed E-state index contributed by atoms with van der Waals surface area (Å²) < 4.78 is 61.6. The molecule has 1 heterocycles. The standard InChI is InChI=1S/C20H31F3N4O2S.HI/c1-4-16-6-8-18(9-7-16)15(3)26-19(24-5-2)25-14-17-10-12-27(13-11-17)30(28,29)20(21,22)23;/h6-9,15,17H,4-5,10-14H2,1-3H3,(H2,24,25,26);1H. The van der Waals surface area contributed by atoms with Crippen molar-refractivity contribution in [2.24, 2.45) is 10.9 Å². The molecule has 0 amide bonds. The Kier molecular flexibility index (Phi) is 11.0. The Morgan fingerprint density at radius 2 is 1.77 bits per heavy atom. The van der Waals surface area contributed by atoms with Crippen molar-refractivity contribution in [1.29, 1.82) is 0 Å². The molecule has 0 saturated carbocycles. The average molecular weight is 576 g/mol. The molecule has 1 fully saturated rings. The zero-order valence-corrected chi connectivity index (χ0v) is 21.2. The summed E-state index contributed by atoms with van der Waals surface area (Å²) in [6.45, 7) is 6.94. The average Bonchev–Trinajstić information content (AvgIpc) is 2.71. The Morgan fingerprint density at radius 3 is 2.26 bits per heavy atom. The minimum Gasteiger partial charge on any atom is -0.357 e. The molecule has 178 valence electrons. The van der Waals surface area contributed by atoms with E-state index < -0.39 is 15.5 Å². The first-order valence-electron chi connectivity index (χ1n) is 10.3. The highest BCUT2D eigenvalue weighted by Gasteiger charge is 2.50. The highest BCUT2D eigenvalue weighted by molar-refractivity contribution is 14.0. The minimum atomic E-state index is -5.24. The van der Waals surface area contributed by atoms with Gasteiger partial charge >= 0.3 is 15.5 Å². The predicted molar refractivity (Wildman–Crippen MR) is 128 cm³/mol. The molecule has 31 heavy (non-hydrogen) atoms. The van der Waals surface area contributed by atoms with Crippen molar-refractivity contribution in [3.05, 3.63) is 35.4 Å². The molecule has 0 spiro atoms. The summed E-state index contributed by atoms with van der Waals surface area (Å²) in [4.78, 5) is 4.58. The van der Waals surface area contributed by atoms with Crippen LogP contribution in [0, 0.1) is 5.92 Å². The number of halogens is 4. The predicted octanol–water partition coefficient (Wildman–Crippen LogP) is 4.04. The van der Waals surface area contributed by atoms with Gasteiger partial charge in [-0.2, -0.15) is 17.5 Å². The summed E-state index contributed by atoms with van der Waals surface area (Å²) in [6, 6.07) is 8.39. The third kappa shape index (κ3) is 7.77. The van der Waals surface area contributed by atoms with Crippen LogP contribution in [0.5, 0.6) is 0 Å². The quantitative estimate of drug-likeness (QED) is 0.292. The molecule has 1 aliphatic rings. The lowest BCUT2D eigenvalue weighted by atomic mass is 9.98. The van der Waals surface area contributed by atoms with E-state index in [1.54, 1.807) is 0 Å². The highest BCUT2D eigenvalue weighted by Crippen LogP contribution is 2.30. The zero-order chi connectivity index (χ0) is 22.4. The van der Waals surface area contributed by atoms with E-state index in [0.717, 1.165) is 12.0 Å². The minimum absolute atomic E-state index is 0. The van der Waals surface area contributed by atoms with Crippen LogP contribution >= 0.6 is 24.0 Å². The molecule has 6 nitrogen and oxygen atoms in total. The van der Waals surface area contributed by atoms with Gasteiger partial charge < -0.3 is 10.6 Å². The van der Waals surface area contributed by atoms with Crippen molar-refractivity contribution in [2.75, 3.05) is 26.2 Å². The number of hydrogen-bond acceptors (Lipinski definition) is 3. The van der Waals surface area contributed by atoms with Crippen molar-refractivity contribution >= 4 is 40.0 Å². The Labute approximate surface area is 200 Å². The van der Waals surface area contributed by atoms with Crippen LogP contribution in [0.4, 0.5) is 13.2 Å². The summed E-state index contributed by atoms with van der Waals surface area (Å²) >= 11 is 0. The van der Waals surface area contributed by atoms with E-state index in [-0.39, 0.29) is 49.0 Å². The number of hydrogen-bond donors (Lipinski definition) is 2. The maximum atomic E-state index is 12.7. The van der Waals surface area contributed by atoms with Crippen LogP contribution in [0.15, 0.2) is 29.3 Å². The van der Waals surface area contributed by atoms with Gasteiger partial charge in [0.25, 0.3) is 0 Å². The van der Waals surface area contributed by atoms with Gasteiger partial charge in [0, 0.05) is 26.2 Å². The number of rotatable bonds is 7. The lowest BCUT2D eigenvalue weighted by Gasteiger charge is -2.31. The molecular weight excluding hydrogens is 544 g/mol. The number of guanidine groups is 1. The maximum Gasteiger partial charge on any atom is 0.511 e. The van der Waals surface area contributed by atoms with Gasteiger partial charge in [-0.3, -0.25) is 4.99 Å². The number of sulfonamides is 1. The third-order valence-electron chi connectivity index (χ3n) is 5.30. The molecule has 0 radical (unpaired) electrons. The Morgan fingerprint density at radius 1 is 1.19 bits per heavy atom. The first-order chi connectivity index (χ1) is 14.1. The monoisotopic (exact) mass is 576 g/mol. The highest BCUT2D eigenvalue weighted by atomic mass is 127. The van der Waals surface area contributed by atoms with E-state index in [1.165, 1.54) is 5.56 Å². The number of nitrogens with one attached hydrogen (secondary N) is 2. The fraction of sp³-hybridized carbons (Fsp3) is 0.650. The molecule has 1 atom stereocenters. The van der Waals surface area contributed by atoms with Crippen molar-refractivity contribution in [3.63, 3.8) is 0 Å². The fourth-order valence-electron chi connectivity index (χ4n) is 3.35. The van der Waals surface area contributed by atoms with E-state index in [2.05, 4.69) is 46.8 Å². The molecule has 1 aromatic carbocycles. The SMILES string of the molecule is CCNC(=NCC1CCN(S(=O)(=O)C(F)(F)F)CC1)NC(C)c1ccc(CC)cc1.I. The molecule has 1 aliphatic heterocycles. The lowest BCUT2D eigenvalue weighted by molar-refractivity contribution is -0.0496. The lowest BCUT2D eigenvalue weighted by Crippen LogP contribution is -2.45. The molecule has 0 bridgehead atoms. The number of alkyl halides is 3. The number of nitrogens with zero attached hydrogens (tertiary/aromatic N) is 2. The van der Waals surface area contributed by atoms with E-state index in [4.69, 9.17) is 0 Å². The summed E-state index contributed by atoms with van der Waals surface area (Å²) in [5.41, 5.74) is -2.85. The second-order valence-electron chi connectivity index (χ2n) is 7.47. The summed E-state index contributed by atoms with van der Waals surface area (Å²) in [7, 11) is -5.24. The number of piperidine rings is 1. The summed E-state index contributed by atoms with van der Waals surface area (Å²) in [6.07, 6.45) is 1.69. The van der Waals surface area contributed by atoms with Gasteiger partial charge in [-0.05, 0) is 50.2 Å². The fourth-order valence-corrected chi connectivity index (χ4v) is 4.33. The van der Waals surface area contributed by atoms with E-state index in [0.29, 0.717) is 36.2 Å². The van der Waals surface area contributed by atoms with Gasteiger partial charge in [0.15, 0.2) is 5.96 Å². The summed E-state index contributed by atoms with van der Waals surface area (Å²) in [5, 5.41) is 6.53. The van der Waals surface area contributed by atoms with Crippen LogP contribution in [0.2, 0.25) is 0 Å². The zero-order valence-electron chi connectivity index (χ0n) is 18.1. The van der Waals surface area contributed by atoms with Crippen LogP contribution in [0.1, 0.15) is 50.8 Å². The van der Waals surface area contributed by atoms with Crippen LogP contribution in [-0.2, 0) is 16.4 Å². The topological polar surface area (TPSA) is 73.8 Å². The molecule has 2 N–H and O–H groups in total.